The van der Waals surface area contributed by atoms with E-state index in [-0.39, 0.29) is 5.91 Å². The van der Waals surface area contributed by atoms with Crippen LogP contribution in [0.1, 0.15) is 21.7 Å². The van der Waals surface area contributed by atoms with Crippen LogP contribution in [0.4, 0.5) is 11.5 Å². The summed E-state index contributed by atoms with van der Waals surface area (Å²) < 4.78 is 1.46. The topological polar surface area (TPSA) is 102 Å². The molecule has 2 heterocycles. The summed E-state index contributed by atoms with van der Waals surface area (Å²) in [5, 5.41) is 13.3. The van der Waals surface area contributed by atoms with Gasteiger partial charge in [-0.2, -0.15) is 10.2 Å². The van der Waals surface area contributed by atoms with E-state index in [9.17, 15) is 4.79 Å². The number of amides is 1. The first-order valence-electron chi connectivity index (χ1n) is 5.11. The molecule has 2 aromatic heterocycles. The minimum absolute atomic E-state index is 0.307. The quantitative estimate of drug-likeness (QED) is 0.707. The molecule has 0 fully saturated rings. The molecule has 90 valence electrons. The third-order valence-corrected chi connectivity index (χ3v) is 2.55. The van der Waals surface area contributed by atoms with Gasteiger partial charge in [0.25, 0.3) is 5.91 Å². The molecule has 0 radical (unpaired) electrons. The highest BCUT2D eigenvalue weighted by molar-refractivity contribution is 6.06. The van der Waals surface area contributed by atoms with Crippen molar-refractivity contribution in [3.63, 3.8) is 0 Å². The summed E-state index contributed by atoms with van der Waals surface area (Å²) in [6, 6.07) is 0. The van der Waals surface area contributed by atoms with E-state index in [1.54, 1.807) is 20.2 Å². The summed E-state index contributed by atoms with van der Waals surface area (Å²) in [4.78, 5) is 12.0. The van der Waals surface area contributed by atoms with Gasteiger partial charge in [0.05, 0.1) is 17.6 Å². The number of H-pyrrole nitrogens is 1. The highest BCUT2D eigenvalue weighted by Crippen LogP contribution is 2.17. The predicted molar refractivity (Wildman–Crippen MR) is 63.6 cm³/mol. The molecule has 0 saturated carbocycles. The van der Waals surface area contributed by atoms with Crippen LogP contribution in [0.3, 0.4) is 0 Å². The minimum Gasteiger partial charge on any atom is -0.395 e. The number of anilines is 2. The van der Waals surface area contributed by atoms with Crippen LogP contribution in [-0.2, 0) is 7.05 Å². The Balaban J connectivity index is 2.29. The van der Waals surface area contributed by atoms with E-state index in [4.69, 9.17) is 5.73 Å². The molecule has 1 amide bonds. The Hall–Kier alpha value is -2.31. The molecule has 2 aromatic rings. The monoisotopic (exact) mass is 234 g/mol. The lowest BCUT2D eigenvalue weighted by Gasteiger charge is -2.04. The third kappa shape index (κ3) is 1.86. The van der Waals surface area contributed by atoms with Gasteiger partial charge >= 0.3 is 0 Å². The van der Waals surface area contributed by atoms with Crippen molar-refractivity contribution in [1.82, 2.24) is 20.0 Å². The first-order chi connectivity index (χ1) is 8.00. The molecular weight excluding hydrogens is 220 g/mol. The lowest BCUT2D eigenvalue weighted by Crippen LogP contribution is -2.18. The van der Waals surface area contributed by atoms with Crippen molar-refractivity contribution >= 4 is 17.4 Å². The van der Waals surface area contributed by atoms with Gasteiger partial charge in [0.2, 0.25) is 0 Å². The van der Waals surface area contributed by atoms with Crippen molar-refractivity contribution in [1.29, 1.82) is 0 Å². The molecule has 7 heteroatoms. The van der Waals surface area contributed by atoms with E-state index in [0.29, 0.717) is 22.9 Å². The second-order valence-electron chi connectivity index (χ2n) is 3.85. The fourth-order valence-electron chi connectivity index (χ4n) is 1.59. The summed E-state index contributed by atoms with van der Waals surface area (Å²) in [7, 11) is 1.68. The van der Waals surface area contributed by atoms with Gasteiger partial charge in [0.15, 0.2) is 0 Å². The number of aryl methyl sites for hydroxylation is 3. The van der Waals surface area contributed by atoms with Gasteiger partial charge in [0.1, 0.15) is 11.5 Å². The lowest BCUT2D eigenvalue weighted by molar-refractivity contribution is 0.101. The molecule has 7 nitrogen and oxygen atoms in total. The van der Waals surface area contributed by atoms with Crippen molar-refractivity contribution in [2.24, 2.45) is 7.05 Å². The second kappa shape index (κ2) is 3.93. The fraction of sp³-hybridized carbons (Fsp3) is 0.300. The zero-order chi connectivity index (χ0) is 12.6. The average Bonchev–Trinajstić information content (AvgIpc) is 2.74. The van der Waals surface area contributed by atoms with E-state index in [1.165, 1.54) is 4.68 Å². The van der Waals surface area contributed by atoms with Gasteiger partial charge in [-0.1, -0.05) is 0 Å². The van der Waals surface area contributed by atoms with Crippen LogP contribution >= 0.6 is 0 Å². The normalized spacial score (nSPS) is 10.5. The Labute approximate surface area is 98.0 Å². The molecule has 0 saturated heterocycles. The zero-order valence-electron chi connectivity index (χ0n) is 9.90. The Morgan fingerprint density at radius 1 is 1.53 bits per heavy atom. The number of carbonyl (C=O) groups is 1. The highest BCUT2D eigenvalue weighted by Gasteiger charge is 2.18. The van der Waals surface area contributed by atoms with Crippen molar-refractivity contribution in [3.05, 3.63) is 23.1 Å². The van der Waals surface area contributed by atoms with Gasteiger partial charge in [-0.05, 0) is 13.8 Å². The van der Waals surface area contributed by atoms with Crippen molar-refractivity contribution in [3.8, 4) is 0 Å². The van der Waals surface area contributed by atoms with E-state index in [1.807, 2.05) is 6.92 Å². The number of aromatic nitrogens is 4. The van der Waals surface area contributed by atoms with Crippen LogP contribution in [0, 0.1) is 13.8 Å². The molecule has 0 aliphatic heterocycles. The summed E-state index contributed by atoms with van der Waals surface area (Å²) in [5.41, 5.74) is 8.03. The van der Waals surface area contributed by atoms with E-state index in [2.05, 4.69) is 20.6 Å². The maximum atomic E-state index is 12.0. The van der Waals surface area contributed by atoms with Crippen molar-refractivity contribution in [2.75, 3.05) is 11.1 Å². The van der Waals surface area contributed by atoms with Crippen molar-refractivity contribution in [2.45, 2.75) is 13.8 Å². The molecule has 4 N–H and O–H groups in total. The fourth-order valence-corrected chi connectivity index (χ4v) is 1.59. The van der Waals surface area contributed by atoms with Gasteiger partial charge < -0.3 is 11.1 Å². The first-order valence-corrected chi connectivity index (χ1v) is 5.11. The number of aromatic amines is 1. The van der Waals surface area contributed by atoms with Gasteiger partial charge in [-0.15, -0.1) is 0 Å². The van der Waals surface area contributed by atoms with Gasteiger partial charge in [-0.3, -0.25) is 14.6 Å². The first kappa shape index (κ1) is 11.2. The van der Waals surface area contributed by atoms with E-state index < -0.39 is 0 Å². The maximum Gasteiger partial charge on any atom is 0.277 e. The Morgan fingerprint density at radius 2 is 2.24 bits per heavy atom. The molecule has 2 rings (SSSR count). The number of hydrogen-bond donors (Lipinski definition) is 3. The smallest absolute Gasteiger partial charge is 0.277 e. The summed E-state index contributed by atoms with van der Waals surface area (Å²) >= 11 is 0. The van der Waals surface area contributed by atoms with Crippen LogP contribution in [-0.4, -0.2) is 25.9 Å². The molecule has 0 aromatic carbocycles. The van der Waals surface area contributed by atoms with Gasteiger partial charge in [0, 0.05) is 12.6 Å². The lowest BCUT2D eigenvalue weighted by atomic mass is 10.3. The Kier molecular flexibility index (Phi) is 2.58. The third-order valence-electron chi connectivity index (χ3n) is 2.55. The molecule has 0 spiro atoms. The number of rotatable bonds is 2. The standard InChI is InChI=1S/C10H14N6O/c1-5-4-12-14-9(5)13-10(17)8-7(11)6(2)15-16(8)3/h4H,11H2,1-3H3,(H2,12,13,14,17). The highest BCUT2D eigenvalue weighted by atomic mass is 16.2. The molecule has 0 bridgehead atoms. The van der Waals surface area contributed by atoms with Crippen LogP contribution in [0.2, 0.25) is 0 Å². The predicted octanol–water partition coefficient (Wildman–Crippen LogP) is 0.595. The number of nitrogens with two attached hydrogens (primary N) is 1. The molecule has 0 aliphatic carbocycles. The van der Waals surface area contributed by atoms with Crippen molar-refractivity contribution < 1.29 is 4.79 Å². The van der Waals surface area contributed by atoms with Crippen LogP contribution in [0.15, 0.2) is 6.20 Å². The van der Waals surface area contributed by atoms with Crippen LogP contribution in [0.5, 0.6) is 0 Å². The maximum absolute atomic E-state index is 12.0. The summed E-state index contributed by atoms with van der Waals surface area (Å²) in [6.07, 6.45) is 1.63. The summed E-state index contributed by atoms with van der Waals surface area (Å²) in [6.45, 7) is 3.60. The molecule has 0 atom stereocenters. The van der Waals surface area contributed by atoms with E-state index >= 15 is 0 Å². The molecular formula is C10H14N6O. The average molecular weight is 234 g/mol. The number of nitrogens with zero attached hydrogens (tertiary/aromatic N) is 3. The number of nitrogens with one attached hydrogen (secondary N) is 2. The minimum atomic E-state index is -0.307. The largest absolute Gasteiger partial charge is 0.395 e. The summed E-state index contributed by atoms with van der Waals surface area (Å²) in [5.74, 6) is 0.256. The second-order valence-corrected chi connectivity index (χ2v) is 3.85. The van der Waals surface area contributed by atoms with Crippen LogP contribution in [0.25, 0.3) is 0 Å². The SMILES string of the molecule is Cc1cn[nH]c1NC(=O)c1c(N)c(C)nn1C. The van der Waals surface area contributed by atoms with E-state index in [0.717, 1.165) is 5.56 Å². The van der Waals surface area contributed by atoms with Gasteiger partial charge in [-0.25, -0.2) is 0 Å². The number of carbonyl (C=O) groups excluding carboxylic acids is 1. The zero-order valence-corrected chi connectivity index (χ0v) is 9.90. The molecule has 17 heavy (non-hydrogen) atoms. The van der Waals surface area contributed by atoms with Crippen LogP contribution < -0.4 is 11.1 Å². The molecule has 0 unspecified atom stereocenters. The Bertz CT molecular complexity index is 567. The number of nitrogen functional groups attached to an aromatic ring is 1. The number of hydrogen-bond acceptors (Lipinski definition) is 4. The molecule has 0 aliphatic rings. The Morgan fingerprint density at radius 3 is 2.71 bits per heavy atom.